The van der Waals surface area contributed by atoms with Crippen LogP contribution in [-0.4, -0.2) is 24.9 Å². The summed E-state index contributed by atoms with van der Waals surface area (Å²) in [5.41, 5.74) is 10.4. The second-order valence-electron chi connectivity index (χ2n) is 24.5. The number of rotatable bonds is 42. The molecule has 0 spiro atoms. The van der Waals surface area contributed by atoms with Crippen LogP contribution >= 0.6 is 22.7 Å². The fourth-order valence-corrected chi connectivity index (χ4v) is 14.9. The summed E-state index contributed by atoms with van der Waals surface area (Å²) in [5, 5.41) is 4.82. The summed E-state index contributed by atoms with van der Waals surface area (Å²) in [6, 6.07) is 18.5. The third kappa shape index (κ3) is 18.8. The average molecular weight is 1100 g/mol. The van der Waals surface area contributed by atoms with Gasteiger partial charge in [0.2, 0.25) is 0 Å². The Balaban J connectivity index is 1.43. The van der Waals surface area contributed by atoms with Gasteiger partial charge in [0, 0.05) is 34.0 Å². The Morgan fingerprint density at radius 2 is 0.667 bits per heavy atom. The van der Waals surface area contributed by atoms with Crippen LogP contribution in [0.3, 0.4) is 0 Å². The Labute approximate surface area is 486 Å². The molecular formula is C72H110N2O2S2. The number of nitrogens with zero attached hydrogens (tertiary/aromatic N) is 2. The van der Waals surface area contributed by atoms with Crippen LogP contribution in [0.15, 0.2) is 59.3 Å². The predicted octanol–water partition coefficient (Wildman–Crippen LogP) is 22.9. The molecule has 0 saturated heterocycles. The first-order valence-electron chi connectivity index (χ1n) is 33.0. The highest BCUT2D eigenvalue weighted by atomic mass is 32.1. The summed E-state index contributed by atoms with van der Waals surface area (Å²) in [5.74, 6) is 2.32. The molecule has 4 unspecified atom stereocenters. The summed E-state index contributed by atoms with van der Waals surface area (Å²) < 4.78 is 0. The molecule has 4 heterocycles. The number of thiophene rings is 2. The van der Waals surface area contributed by atoms with Crippen LogP contribution in [0.5, 0.6) is 0 Å². The summed E-state index contributed by atoms with van der Waals surface area (Å²) in [4.78, 5) is 38.4. The number of carbonyl (C=O) groups excluding carboxylic acids is 2. The first-order valence-corrected chi connectivity index (χ1v) is 34.8. The monoisotopic (exact) mass is 1100 g/mol. The summed E-state index contributed by atoms with van der Waals surface area (Å²) in [6.45, 7) is 19.8. The maximum atomic E-state index is 15.8. The lowest BCUT2D eigenvalue weighted by Gasteiger charge is -2.25. The zero-order valence-corrected chi connectivity index (χ0v) is 52.7. The van der Waals surface area contributed by atoms with Crippen molar-refractivity contribution in [1.82, 2.24) is 0 Å². The molecule has 2 aromatic carbocycles. The lowest BCUT2D eigenvalue weighted by Crippen LogP contribution is -2.34. The zero-order chi connectivity index (χ0) is 55.5. The van der Waals surface area contributed by atoms with Crippen molar-refractivity contribution in [1.29, 1.82) is 0 Å². The van der Waals surface area contributed by atoms with Crippen LogP contribution in [0.25, 0.3) is 32.0 Å². The molecule has 0 radical (unpaired) electrons. The SMILES string of the molecule is CCCCCCC(CCCC)Cc1csc(-c2ccc3c(c2)N(CC(CCCC)CCCCCC)C(=O)/C3=C2\C(=O)N(CC(CCCC)CCCCCC)c3cc(-c4cc(CC(CCCC)CCCCCC)cs4)ccc32)c1. The molecule has 0 N–H and O–H groups in total. The van der Waals surface area contributed by atoms with Crippen molar-refractivity contribution in [2.45, 2.75) is 274 Å². The maximum Gasteiger partial charge on any atom is 0.259 e. The van der Waals surface area contributed by atoms with E-state index in [1.807, 2.05) is 22.7 Å². The smallest absolute Gasteiger partial charge is 0.259 e. The highest BCUT2D eigenvalue weighted by molar-refractivity contribution is 7.14. The van der Waals surface area contributed by atoms with Gasteiger partial charge in [0.15, 0.2) is 0 Å². The molecule has 2 aromatic heterocycles. The van der Waals surface area contributed by atoms with E-state index in [-0.39, 0.29) is 11.8 Å². The normalized spacial score (nSPS) is 15.9. The summed E-state index contributed by atoms with van der Waals surface area (Å²) >= 11 is 3.72. The van der Waals surface area contributed by atoms with Crippen molar-refractivity contribution in [2.24, 2.45) is 23.7 Å². The highest BCUT2D eigenvalue weighted by Gasteiger charge is 2.43. The number of hydrogen-bond donors (Lipinski definition) is 0. The molecule has 432 valence electrons. The van der Waals surface area contributed by atoms with E-state index in [9.17, 15) is 0 Å². The van der Waals surface area contributed by atoms with Crippen molar-refractivity contribution in [2.75, 3.05) is 22.9 Å². The molecule has 4 atom stereocenters. The Hall–Kier alpha value is -3.48. The topological polar surface area (TPSA) is 40.6 Å². The standard InChI is InChI=1S/C72H110N2O2S2/c1-9-17-25-29-37-55(33-21-13-5)45-59-47-67(77-53-59)61-41-43-63-65(49-61)73(51-57(35-23-15-7)39-31-27-19-11-3)71(75)69(63)70-64-44-42-62(68-48-60(54-78-68)46-56(34-22-14-6)38-30-26-18-10-2)50-66(64)74(72(70)76)52-58(36-24-16-8)40-32-28-20-12-4/h41-44,47-50,53-58H,9-40,45-46,51-52H2,1-8H3/b70-69-. The second-order valence-corrected chi connectivity index (χ2v) is 26.3. The number of carbonyl (C=O) groups is 2. The van der Waals surface area contributed by atoms with Crippen LogP contribution in [0.4, 0.5) is 11.4 Å². The number of benzene rings is 2. The molecule has 0 fully saturated rings. The van der Waals surface area contributed by atoms with Gasteiger partial charge in [-0.05, 0) is 119 Å². The van der Waals surface area contributed by atoms with Gasteiger partial charge in [0.05, 0.1) is 22.5 Å². The molecule has 0 aliphatic carbocycles. The molecule has 0 bridgehead atoms. The maximum absolute atomic E-state index is 15.8. The fourth-order valence-electron chi connectivity index (χ4n) is 13.0. The molecule has 6 rings (SSSR count). The molecule has 4 aromatic rings. The molecule has 4 nitrogen and oxygen atoms in total. The number of amides is 2. The van der Waals surface area contributed by atoms with E-state index < -0.39 is 0 Å². The molecule has 2 aliphatic heterocycles. The molecule has 0 saturated carbocycles. The van der Waals surface area contributed by atoms with Crippen molar-refractivity contribution in [3.8, 4) is 20.9 Å². The molecule has 78 heavy (non-hydrogen) atoms. The third-order valence-electron chi connectivity index (χ3n) is 17.8. The van der Waals surface area contributed by atoms with Gasteiger partial charge in [-0.15, -0.1) is 22.7 Å². The first-order chi connectivity index (χ1) is 38.2. The van der Waals surface area contributed by atoms with Crippen LogP contribution in [-0.2, 0) is 22.4 Å². The number of hydrogen-bond acceptors (Lipinski definition) is 4. The van der Waals surface area contributed by atoms with E-state index in [2.05, 4.69) is 124 Å². The lowest BCUT2D eigenvalue weighted by molar-refractivity contribution is -0.114. The Morgan fingerprint density at radius 3 is 1.00 bits per heavy atom. The molecule has 6 heteroatoms. The van der Waals surface area contributed by atoms with Crippen LogP contribution < -0.4 is 9.80 Å². The second kappa shape index (κ2) is 35.4. The van der Waals surface area contributed by atoms with E-state index in [0.717, 1.165) is 85.7 Å². The van der Waals surface area contributed by atoms with E-state index in [1.165, 1.54) is 199 Å². The predicted molar refractivity (Wildman–Crippen MR) is 346 cm³/mol. The largest absolute Gasteiger partial charge is 0.307 e. The van der Waals surface area contributed by atoms with Crippen molar-refractivity contribution >= 4 is 57.0 Å². The van der Waals surface area contributed by atoms with Gasteiger partial charge in [0.25, 0.3) is 11.8 Å². The van der Waals surface area contributed by atoms with E-state index >= 15 is 9.59 Å². The van der Waals surface area contributed by atoms with Crippen LogP contribution in [0.1, 0.15) is 283 Å². The third-order valence-corrected chi connectivity index (χ3v) is 19.9. The van der Waals surface area contributed by atoms with Gasteiger partial charge in [-0.2, -0.15) is 0 Å². The summed E-state index contributed by atoms with van der Waals surface area (Å²) in [6.07, 6.45) is 42.3. The zero-order valence-electron chi connectivity index (χ0n) is 51.1. The molecule has 2 amide bonds. The van der Waals surface area contributed by atoms with E-state index in [4.69, 9.17) is 0 Å². The van der Waals surface area contributed by atoms with Gasteiger partial charge in [0.1, 0.15) is 0 Å². The van der Waals surface area contributed by atoms with E-state index in [0.29, 0.717) is 36.1 Å². The number of fused-ring (bicyclic) bond motifs is 2. The fraction of sp³-hybridized carbons (Fsp3) is 0.667. The summed E-state index contributed by atoms with van der Waals surface area (Å²) in [7, 11) is 0. The van der Waals surface area contributed by atoms with Gasteiger partial charge in [-0.1, -0.05) is 259 Å². The van der Waals surface area contributed by atoms with Crippen molar-refractivity contribution in [3.05, 3.63) is 81.5 Å². The minimum Gasteiger partial charge on any atom is -0.307 e. The molecular weight excluding hydrogens is 989 g/mol. The van der Waals surface area contributed by atoms with Crippen molar-refractivity contribution < 1.29 is 9.59 Å². The highest BCUT2D eigenvalue weighted by Crippen LogP contribution is 2.50. The number of unbranched alkanes of at least 4 members (excludes halogenated alkanes) is 16. The van der Waals surface area contributed by atoms with Gasteiger partial charge >= 0.3 is 0 Å². The molecule has 2 aliphatic rings. The minimum atomic E-state index is 0.0171. The number of anilines is 2. The Kier molecular flexibility index (Phi) is 28.9. The Morgan fingerprint density at radius 1 is 0.359 bits per heavy atom. The van der Waals surface area contributed by atoms with Crippen LogP contribution in [0, 0.1) is 23.7 Å². The van der Waals surface area contributed by atoms with Gasteiger partial charge < -0.3 is 9.80 Å². The van der Waals surface area contributed by atoms with Gasteiger partial charge in [-0.3, -0.25) is 9.59 Å². The minimum absolute atomic E-state index is 0.0171. The van der Waals surface area contributed by atoms with Crippen molar-refractivity contribution in [3.63, 3.8) is 0 Å². The lowest BCUT2D eigenvalue weighted by atomic mass is 9.90. The van der Waals surface area contributed by atoms with E-state index in [1.54, 1.807) is 0 Å². The average Bonchev–Trinajstić information content (AvgIpc) is 4.30. The van der Waals surface area contributed by atoms with Crippen LogP contribution in [0.2, 0.25) is 0 Å². The first kappa shape index (κ1) is 63.7. The quantitative estimate of drug-likeness (QED) is 0.0328. The van der Waals surface area contributed by atoms with Gasteiger partial charge in [-0.25, -0.2) is 0 Å². The Bertz CT molecular complexity index is 2220.